The third-order valence-corrected chi connectivity index (χ3v) is 3.33. The largest absolute Gasteiger partial charge is 0.489 e. The van der Waals surface area contributed by atoms with Crippen molar-refractivity contribution in [2.75, 3.05) is 33.3 Å². The smallest absolute Gasteiger partial charge is 0.406 e. The van der Waals surface area contributed by atoms with Crippen LogP contribution in [0, 0.1) is 0 Å². The minimum Gasteiger partial charge on any atom is -0.489 e. The zero-order valence-corrected chi connectivity index (χ0v) is 15.5. The lowest BCUT2D eigenvalue weighted by atomic mass is 10.2. The first kappa shape index (κ1) is 22.3. The van der Waals surface area contributed by atoms with Crippen LogP contribution in [0.25, 0.3) is 0 Å². The van der Waals surface area contributed by atoms with Crippen LogP contribution in [0.2, 0.25) is 0 Å². The fourth-order valence-corrected chi connectivity index (χ4v) is 2.08. The Kier molecular flexibility index (Phi) is 9.18. The van der Waals surface area contributed by atoms with Gasteiger partial charge < -0.3 is 20.3 Å². The van der Waals surface area contributed by atoms with E-state index < -0.39 is 18.6 Å². The Morgan fingerprint density at radius 2 is 2.04 bits per heavy atom. The third kappa shape index (κ3) is 8.98. The maximum Gasteiger partial charge on any atom is 0.406 e. The van der Waals surface area contributed by atoms with E-state index in [4.69, 9.17) is 4.74 Å². The molecule has 0 spiro atoms. The molecule has 1 aromatic rings. The minimum absolute atomic E-state index is 0.273. The Morgan fingerprint density at radius 3 is 2.67 bits per heavy atom. The molecule has 0 saturated heterocycles. The zero-order valence-electron chi connectivity index (χ0n) is 15.5. The maximum atomic E-state index is 12.4. The predicted molar refractivity (Wildman–Crippen MR) is 98.6 cm³/mol. The molecule has 0 radical (unpaired) electrons. The molecule has 2 N–H and O–H groups in total. The standard InChI is InChI=1S/C18H25F3N4O2/c1-4-10-27-15-9-7-6-8-14(15)11-23-17(22-5-2)24-12-16(26)25(3)13-18(19,20)21/h4,6-9H,1,5,10-13H2,2-3H3,(H2,22,23,24). The first-order valence-electron chi connectivity index (χ1n) is 8.41. The molecule has 6 nitrogen and oxygen atoms in total. The van der Waals surface area contributed by atoms with Crippen molar-refractivity contribution in [3.8, 4) is 5.75 Å². The first-order valence-corrected chi connectivity index (χ1v) is 8.41. The van der Waals surface area contributed by atoms with Crippen LogP contribution in [0.1, 0.15) is 12.5 Å². The highest BCUT2D eigenvalue weighted by molar-refractivity contribution is 5.86. The Hall–Kier alpha value is -2.71. The van der Waals surface area contributed by atoms with E-state index in [1.165, 1.54) is 0 Å². The molecular formula is C18H25F3N4O2. The average Bonchev–Trinajstić information content (AvgIpc) is 2.61. The van der Waals surface area contributed by atoms with Gasteiger partial charge in [0.05, 0.1) is 13.1 Å². The number of carbonyl (C=O) groups is 1. The summed E-state index contributed by atoms with van der Waals surface area (Å²) in [4.78, 5) is 16.8. The molecule has 150 valence electrons. The Bertz CT molecular complexity index is 648. The molecule has 0 unspecified atom stereocenters. The van der Waals surface area contributed by atoms with Crippen LogP contribution in [-0.2, 0) is 11.3 Å². The van der Waals surface area contributed by atoms with Gasteiger partial charge in [-0.2, -0.15) is 13.2 Å². The highest BCUT2D eigenvalue weighted by atomic mass is 19.4. The number of ether oxygens (including phenoxy) is 1. The van der Waals surface area contributed by atoms with Crippen LogP contribution < -0.4 is 15.4 Å². The second kappa shape index (κ2) is 11.1. The lowest BCUT2D eigenvalue weighted by molar-refractivity contribution is -0.157. The van der Waals surface area contributed by atoms with Gasteiger partial charge in [0.1, 0.15) is 18.9 Å². The Morgan fingerprint density at radius 1 is 1.33 bits per heavy atom. The summed E-state index contributed by atoms with van der Waals surface area (Å²) in [5, 5.41) is 5.69. The van der Waals surface area contributed by atoms with E-state index in [1.807, 2.05) is 31.2 Å². The number of para-hydroxylation sites is 1. The number of likely N-dealkylation sites (N-methyl/N-ethyl adjacent to an activating group) is 1. The summed E-state index contributed by atoms with van der Waals surface area (Å²) in [6.45, 7) is 5.02. The number of alkyl halides is 3. The van der Waals surface area contributed by atoms with Crippen molar-refractivity contribution in [2.24, 2.45) is 4.99 Å². The van der Waals surface area contributed by atoms with E-state index >= 15 is 0 Å². The van der Waals surface area contributed by atoms with Crippen LogP contribution in [0.5, 0.6) is 5.75 Å². The fraction of sp³-hybridized carbons (Fsp3) is 0.444. The van der Waals surface area contributed by atoms with Gasteiger partial charge in [-0.05, 0) is 13.0 Å². The second-order valence-electron chi connectivity index (χ2n) is 5.62. The van der Waals surface area contributed by atoms with Crippen molar-refractivity contribution in [2.45, 2.75) is 19.6 Å². The molecule has 0 aromatic heterocycles. The number of aliphatic imine (C=N–C) groups is 1. The molecule has 0 aliphatic carbocycles. The fourth-order valence-electron chi connectivity index (χ4n) is 2.08. The van der Waals surface area contributed by atoms with Crippen LogP contribution in [0.4, 0.5) is 13.2 Å². The van der Waals surface area contributed by atoms with Crippen molar-refractivity contribution in [1.82, 2.24) is 15.5 Å². The summed E-state index contributed by atoms with van der Waals surface area (Å²) in [7, 11) is 1.11. The lowest BCUT2D eigenvalue weighted by Crippen LogP contribution is -2.45. The second-order valence-corrected chi connectivity index (χ2v) is 5.62. The molecular weight excluding hydrogens is 361 g/mol. The summed E-state index contributed by atoms with van der Waals surface area (Å²) < 4.78 is 42.6. The average molecular weight is 386 g/mol. The molecule has 27 heavy (non-hydrogen) atoms. The number of halogens is 3. The molecule has 9 heteroatoms. The van der Waals surface area contributed by atoms with E-state index in [-0.39, 0.29) is 13.1 Å². The van der Waals surface area contributed by atoms with Crippen molar-refractivity contribution < 1.29 is 22.7 Å². The van der Waals surface area contributed by atoms with Crippen LogP contribution in [0.3, 0.4) is 0 Å². The molecule has 1 rings (SSSR count). The summed E-state index contributed by atoms with van der Waals surface area (Å²) in [6.07, 6.45) is -2.80. The normalized spacial score (nSPS) is 11.7. The summed E-state index contributed by atoms with van der Waals surface area (Å²) in [6, 6.07) is 7.35. The van der Waals surface area contributed by atoms with Gasteiger partial charge in [-0.25, -0.2) is 4.99 Å². The summed E-state index contributed by atoms with van der Waals surface area (Å²) in [5.41, 5.74) is 0.831. The van der Waals surface area contributed by atoms with E-state index in [0.717, 1.165) is 12.6 Å². The van der Waals surface area contributed by atoms with Crippen LogP contribution in [0.15, 0.2) is 41.9 Å². The molecule has 1 aromatic carbocycles. The van der Waals surface area contributed by atoms with Gasteiger partial charge in [-0.3, -0.25) is 4.79 Å². The molecule has 0 bridgehead atoms. The van der Waals surface area contributed by atoms with Crippen molar-refractivity contribution in [1.29, 1.82) is 0 Å². The van der Waals surface area contributed by atoms with E-state index in [0.29, 0.717) is 29.8 Å². The monoisotopic (exact) mass is 386 g/mol. The number of nitrogens with one attached hydrogen (secondary N) is 2. The van der Waals surface area contributed by atoms with Gasteiger partial charge >= 0.3 is 6.18 Å². The predicted octanol–water partition coefficient (Wildman–Crippen LogP) is 2.33. The Balaban J connectivity index is 2.70. The topological polar surface area (TPSA) is 66.0 Å². The number of amides is 1. The number of nitrogens with zero attached hydrogens (tertiary/aromatic N) is 2. The van der Waals surface area contributed by atoms with Crippen LogP contribution >= 0.6 is 0 Å². The number of carbonyl (C=O) groups excluding carboxylic acids is 1. The van der Waals surface area contributed by atoms with Gasteiger partial charge in [0, 0.05) is 19.2 Å². The Labute approximate surface area is 157 Å². The molecule has 1 amide bonds. The van der Waals surface area contributed by atoms with E-state index in [9.17, 15) is 18.0 Å². The van der Waals surface area contributed by atoms with Gasteiger partial charge in [0.2, 0.25) is 5.91 Å². The SMILES string of the molecule is C=CCOc1ccccc1CN=C(NCC)NCC(=O)N(C)CC(F)(F)F. The van der Waals surface area contributed by atoms with E-state index in [1.54, 1.807) is 6.08 Å². The zero-order chi connectivity index (χ0) is 20.3. The lowest BCUT2D eigenvalue weighted by Gasteiger charge is -2.20. The van der Waals surface area contributed by atoms with Gasteiger partial charge in [-0.1, -0.05) is 30.9 Å². The maximum absolute atomic E-state index is 12.4. The number of rotatable bonds is 9. The van der Waals surface area contributed by atoms with Crippen LogP contribution in [-0.4, -0.2) is 56.2 Å². The molecule has 0 heterocycles. The van der Waals surface area contributed by atoms with Crippen molar-refractivity contribution >= 4 is 11.9 Å². The highest BCUT2D eigenvalue weighted by Gasteiger charge is 2.31. The molecule has 0 aliphatic heterocycles. The van der Waals surface area contributed by atoms with Crippen molar-refractivity contribution in [3.05, 3.63) is 42.5 Å². The molecule has 0 atom stereocenters. The van der Waals surface area contributed by atoms with Gasteiger partial charge in [0.15, 0.2) is 5.96 Å². The summed E-state index contributed by atoms with van der Waals surface area (Å²) >= 11 is 0. The summed E-state index contributed by atoms with van der Waals surface area (Å²) in [5.74, 6) is 0.301. The minimum atomic E-state index is -4.43. The molecule has 0 saturated carbocycles. The van der Waals surface area contributed by atoms with Crippen molar-refractivity contribution in [3.63, 3.8) is 0 Å². The van der Waals surface area contributed by atoms with E-state index in [2.05, 4.69) is 22.2 Å². The van der Waals surface area contributed by atoms with Gasteiger partial charge in [-0.15, -0.1) is 0 Å². The number of benzene rings is 1. The molecule has 0 aliphatic rings. The highest BCUT2D eigenvalue weighted by Crippen LogP contribution is 2.19. The number of guanidine groups is 1. The molecule has 0 fully saturated rings. The quantitative estimate of drug-likeness (QED) is 0.388. The number of hydrogen-bond acceptors (Lipinski definition) is 3. The van der Waals surface area contributed by atoms with Gasteiger partial charge in [0.25, 0.3) is 0 Å². The first-order chi connectivity index (χ1) is 12.8. The number of hydrogen-bond donors (Lipinski definition) is 2. The third-order valence-electron chi connectivity index (χ3n) is 3.33.